The van der Waals surface area contributed by atoms with Crippen molar-refractivity contribution in [1.29, 1.82) is 0 Å². The van der Waals surface area contributed by atoms with E-state index in [0.717, 1.165) is 13.1 Å². The van der Waals surface area contributed by atoms with Crippen LogP contribution >= 0.6 is 0 Å². The summed E-state index contributed by atoms with van der Waals surface area (Å²) in [6, 6.07) is 17.9. The van der Waals surface area contributed by atoms with Gasteiger partial charge in [0, 0.05) is 6.54 Å². The van der Waals surface area contributed by atoms with E-state index >= 15 is 0 Å². The van der Waals surface area contributed by atoms with Crippen molar-refractivity contribution in [3.8, 4) is 11.1 Å². The van der Waals surface area contributed by atoms with Crippen molar-refractivity contribution in [1.82, 2.24) is 5.32 Å². The Hall–Kier alpha value is -1.60. The average molecular weight is 281 g/mol. The molecule has 21 heavy (non-hydrogen) atoms. The normalized spacial score (nSPS) is 12.3. The SMILES string of the molecule is CCCNCc1cccc(-c2ccc(C(C)CC)cc2)c1. The summed E-state index contributed by atoms with van der Waals surface area (Å²) in [4.78, 5) is 0. The molecule has 0 fully saturated rings. The number of benzene rings is 2. The summed E-state index contributed by atoms with van der Waals surface area (Å²) < 4.78 is 0. The Balaban J connectivity index is 2.12. The van der Waals surface area contributed by atoms with E-state index in [9.17, 15) is 0 Å². The lowest BCUT2D eigenvalue weighted by atomic mass is 9.95. The molecule has 2 aromatic rings. The van der Waals surface area contributed by atoms with Gasteiger partial charge in [-0.15, -0.1) is 0 Å². The highest BCUT2D eigenvalue weighted by molar-refractivity contribution is 5.64. The summed E-state index contributed by atoms with van der Waals surface area (Å²) in [7, 11) is 0. The Morgan fingerprint density at radius 2 is 1.71 bits per heavy atom. The molecule has 1 N–H and O–H groups in total. The van der Waals surface area contributed by atoms with Crippen molar-refractivity contribution in [2.75, 3.05) is 6.54 Å². The second kappa shape index (κ2) is 7.99. The molecule has 0 amide bonds. The lowest BCUT2D eigenvalue weighted by molar-refractivity contribution is 0.675. The van der Waals surface area contributed by atoms with Gasteiger partial charge in [-0.05, 0) is 53.6 Å². The van der Waals surface area contributed by atoms with Crippen LogP contribution in [0.2, 0.25) is 0 Å². The minimum atomic E-state index is 0.642. The lowest BCUT2D eigenvalue weighted by Gasteiger charge is -2.11. The zero-order valence-electron chi connectivity index (χ0n) is 13.5. The summed E-state index contributed by atoms with van der Waals surface area (Å²) in [5.74, 6) is 0.642. The van der Waals surface area contributed by atoms with E-state index in [0.29, 0.717) is 5.92 Å². The molecule has 1 nitrogen and oxygen atoms in total. The zero-order chi connectivity index (χ0) is 15.1. The van der Waals surface area contributed by atoms with Crippen molar-refractivity contribution in [3.63, 3.8) is 0 Å². The van der Waals surface area contributed by atoms with Crippen molar-refractivity contribution < 1.29 is 0 Å². The van der Waals surface area contributed by atoms with Gasteiger partial charge in [0.15, 0.2) is 0 Å². The monoisotopic (exact) mass is 281 g/mol. The van der Waals surface area contributed by atoms with Gasteiger partial charge in [0.1, 0.15) is 0 Å². The van der Waals surface area contributed by atoms with Crippen LogP contribution in [0.4, 0.5) is 0 Å². The molecule has 0 saturated heterocycles. The molecule has 0 aliphatic carbocycles. The maximum atomic E-state index is 3.46. The van der Waals surface area contributed by atoms with Crippen LogP contribution in [0.15, 0.2) is 48.5 Å². The van der Waals surface area contributed by atoms with Gasteiger partial charge in [-0.25, -0.2) is 0 Å². The van der Waals surface area contributed by atoms with Gasteiger partial charge in [0.25, 0.3) is 0 Å². The molecule has 0 aliphatic rings. The summed E-state index contributed by atoms with van der Waals surface area (Å²) in [5.41, 5.74) is 5.40. The van der Waals surface area contributed by atoms with Crippen molar-refractivity contribution in [2.24, 2.45) is 0 Å². The van der Waals surface area contributed by atoms with Crippen LogP contribution in [0.1, 0.15) is 50.7 Å². The molecule has 1 heteroatoms. The minimum absolute atomic E-state index is 0.642. The van der Waals surface area contributed by atoms with E-state index in [2.05, 4.69) is 74.6 Å². The van der Waals surface area contributed by atoms with Gasteiger partial charge in [0.2, 0.25) is 0 Å². The van der Waals surface area contributed by atoms with Crippen LogP contribution in [-0.4, -0.2) is 6.54 Å². The highest BCUT2D eigenvalue weighted by Crippen LogP contribution is 2.24. The van der Waals surface area contributed by atoms with Gasteiger partial charge in [-0.3, -0.25) is 0 Å². The number of hydrogen-bond donors (Lipinski definition) is 1. The Morgan fingerprint density at radius 1 is 0.952 bits per heavy atom. The standard InChI is InChI=1S/C20H27N/c1-4-13-21-15-17-7-6-8-20(14-17)19-11-9-18(10-12-19)16(3)5-2/h6-12,14,16,21H,4-5,13,15H2,1-3H3. The summed E-state index contributed by atoms with van der Waals surface area (Å²) in [5, 5.41) is 3.46. The Bertz CT molecular complexity index is 542. The molecular weight excluding hydrogens is 254 g/mol. The van der Waals surface area contributed by atoms with E-state index in [4.69, 9.17) is 0 Å². The minimum Gasteiger partial charge on any atom is -0.313 e. The predicted molar refractivity (Wildman–Crippen MR) is 92.6 cm³/mol. The molecule has 0 bridgehead atoms. The largest absolute Gasteiger partial charge is 0.313 e. The number of hydrogen-bond acceptors (Lipinski definition) is 1. The maximum Gasteiger partial charge on any atom is 0.0205 e. The van der Waals surface area contributed by atoms with Gasteiger partial charge >= 0.3 is 0 Å². The van der Waals surface area contributed by atoms with Gasteiger partial charge in [-0.2, -0.15) is 0 Å². The van der Waals surface area contributed by atoms with E-state index in [1.54, 1.807) is 0 Å². The van der Waals surface area contributed by atoms with Crippen molar-refractivity contribution >= 4 is 0 Å². The van der Waals surface area contributed by atoms with Crippen LogP contribution in [0.3, 0.4) is 0 Å². The first kappa shape index (κ1) is 15.8. The third kappa shape index (κ3) is 4.44. The molecule has 0 saturated carbocycles. The summed E-state index contributed by atoms with van der Waals surface area (Å²) in [6.45, 7) is 8.75. The molecule has 1 atom stereocenters. The van der Waals surface area contributed by atoms with E-state index < -0.39 is 0 Å². The Morgan fingerprint density at radius 3 is 2.38 bits per heavy atom. The molecule has 1 unspecified atom stereocenters. The topological polar surface area (TPSA) is 12.0 Å². The van der Waals surface area contributed by atoms with Crippen LogP contribution in [0.25, 0.3) is 11.1 Å². The molecule has 0 aliphatic heterocycles. The molecule has 2 rings (SSSR count). The molecule has 0 radical (unpaired) electrons. The van der Waals surface area contributed by atoms with Gasteiger partial charge < -0.3 is 5.32 Å². The Kier molecular flexibility index (Phi) is 6.01. The van der Waals surface area contributed by atoms with Crippen LogP contribution in [0, 0.1) is 0 Å². The second-order valence-corrected chi connectivity index (χ2v) is 5.81. The molecular formula is C20H27N. The van der Waals surface area contributed by atoms with E-state index in [1.165, 1.54) is 35.1 Å². The van der Waals surface area contributed by atoms with Gasteiger partial charge in [-0.1, -0.05) is 63.2 Å². The first-order chi connectivity index (χ1) is 10.2. The average Bonchev–Trinajstić information content (AvgIpc) is 2.55. The van der Waals surface area contributed by atoms with Crippen molar-refractivity contribution in [3.05, 3.63) is 59.7 Å². The molecule has 0 spiro atoms. The first-order valence-corrected chi connectivity index (χ1v) is 8.14. The Labute approximate surface area is 129 Å². The van der Waals surface area contributed by atoms with Crippen LogP contribution < -0.4 is 5.32 Å². The predicted octanol–water partition coefficient (Wildman–Crippen LogP) is 5.37. The highest BCUT2D eigenvalue weighted by Gasteiger charge is 2.04. The second-order valence-electron chi connectivity index (χ2n) is 5.81. The molecule has 0 aromatic heterocycles. The van der Waals surface area contributed by atoms with Gasteiger partial charge in [0.05, 0.1) is 0 Å². The van der Waals surface area contributed by atoms with Crippen LogP contribution in [0.5, 0.6) is 0 Å². The van der Waals surface area contributed by atoms with E-state index in [1.807, 2.05) is 0 Å². The third-order valence-electron chi connectivity index (χ3n) is 4.11. The summed E-state index contributed by atoms with van der Waals surface area (Å²) >= 11 is 0. The first-order valence-electron chi connectivity index (χ1n) is 8.14. The van der Waals surface area contributed by atoms with Crippen molar-refractivity contribution in [2.45, 2.75) is 46.1 Å². The molecule has 112 valence electrons. The maximum absolute atomic E-state index is 3.46. The number of rotatable bonds is 7. The van der Waals surface area contributed by atoms with E-state index in [-0.39, 0.29) is 0 Å². The lowest BCUT2D eigenvalue weighted by Crippen LogP contribution is -2.13. The smallest absolute Gasteiger partial charge is 0.0205 e. The quantitative estimate of drug-likeness (QED) is 0.673. The fraction of sp³-hybridized carbons (Fsp3) is 0.400. The fourth-order valence-corrected chi connectivity index (χ4v) is 2.51. The molecule has 0 heterocycles. The highest BCUT2D eigenvalue weighted by atomic mass is 14.8. The summed E-state index contributed by atoms with van der Waals surface area (Å²) in [6.07, 6.45) is 2.37. The molecule has 2 aromatic carbocycles. The fourth-order valence-electron chi connectivity index (χ4n) is 2.51. The zero-order valence-corrected chi connectivity index (χ0v) is 13.5. The van der Waals surface area contributed by atoms with Crippen LogP contribution in [-0.2, 0) is 6.54 Å². The number of nitrogens with one attached hydrogen (secondary N) is 1. The third-order valence-corrected chi connectivity index (χ3v) is 4.11.